The number of piperidine rings is 2. The number of ether oxygens (including phenoxy) is 1. The van der Waals surface area contributed by atoms with Gasteiger partial charge in [0.2, 0.25) is 5.91 Å². The minimum Gasteiger partial charge on any atom is -0.380 e. The second kappa shape index (κ2) is 8.19. The molecule has 4 rings (SSSR count). The van der Waals surface area contributed by atoms with Crippen LogP contribution in [-0.4, -0.2) is 73.6 Å². The van der Waals surface area contributed by atoms with Crippen LogP contribution in [0.3, 0.4) is 0 Å². The van der Waals surface area contributed by atoms with E-state index in [1.807, 2.05) is 23.3 Å². The molecule has 0 aromatic carbocycles. The summed E-state index contributed by atoms with van der Waals surface area (Å²) in [4.78, 5) is 21.3. The Labute approximate surface area is 167 Å². The Morgan fingerprint density at radius 1 is 1.15 bits per heavy atom. The van der Waals surface area contributed by atoms with Crippen molar-refractivity contribution >= 4 is 17.2 Å². The zero-order valence-corrected chi connectivity index (χ0v) is 17.6. The Balaban J connectivity index is 1.31. The van der Waals surface area contributed by atoms with Crippen LogP contribution in [0.2, 0.25) is 0 Å². The van der Waals surface area contributed by atoms with E-state index in [1.54, 1.807) is 7.11 Å². The second-order valence-electron chi connectivity index (χ2n) is 8.71. The van der Waals surface area contributed by atoms with Crippen molar-refractivity contribution in [2.45, 2.75) is 51.3 Å². The summed E-state index contributed by atoms with van der Waals surface area (Å²) in [6.45, 7) is 7.40. The van der Waals surface area contributed by atoms with E-state index in [-0.39, 0.29) is 11.5 Å². The van der Waals surface area contributed by atoms with Gasteiger partial charge in [-0.15, -0.1) is 11.3 Å². The standard InChI is InChI=1S/C21H33N3O2S/c1-22-14-18(26-2)12-21(20(22)25)5-9-24(10-6-21)15-19-11-17(16-27-19)13-23-7-3-4-8-23/h11,16,18H,3-10,12-15H2,1-2H3. The lowest BCUT2D eigenvalue weighted by atomic mass is 9.71. The number of likely N-dealkylation sites (tertiary alicyclic amines) is 3. The molecule has 0 bridgehead atoms. The predicted molar refractivity (Wildman–Crippen MR) is 109 cm³/mol. The zero-order valence-electron chi connectivity index (χ0n) is 16.8. The third-order valence-electron chi connectivity index (χ3n) is 6.74. The van der Waals surface area contributed by atoms with Gasteiger partial charge in [-0.25, -0.2) is 0 Å². The van der Waals surface area contributed by atoms with E-state index in [2.05, 4.69) is 21.2 Å². The molecule has 0 N–H and O–H groups in total. The Morgan fingerprint density at radius 2 is 1.85 bits per heavy atom. The lowest BCUT2D eigenvalue weighted by Gasteiger charge is -2.47. The van der Waals surface area contributed by atoms with Crippen LogP contribution in [0.25, 0.3) is 0 Å². The maximum Gasteiger partial charge on any atom is 0.228 e. The number of methoxy groups -OCH3 is 1. The monoisotopic (exact) mass is 391 g/mol. The number of likely N-dealkylation sites (N-methyl/N-ethyl adjacent to an activating group) is 1. The number of rotatable bonds is 5. The molecule has 5 nitrogen and oxygen atoms in total. The molecule has 3 aliphatic rings. The number of carbonyl (C=O) groups excluding carboxylic acids is 1. The molecule has 1 unspecified atom stereocenters. The molecule has 3 saturated heterocycles. The van der Waals surface area contributed by atoms with Gasteiger partial charge in [0, 0.05) is 38.7 Å². The van der Waals surface area contributed by atoms with Crippen LogP contribution in [0, 0.1) is 5.41 Å². The van der Waals surface area contributed by atoms with Gasteiger partial charge in [0.05, 0.1) is 11.5 Å². The van der Waals surface area contributed by atoms with Crippen LogP contribution in [0.4, 0.5) is 0 Å². The van der Waals surface area contributed by atoms with Gasteiger partial charge in [-0.1, -0.05) is 0 Å². The Kier molecular flexibility index (Phi) is 5.88. The molecule has 0 aliphatic carbocycles. The van der Waals surface area contributed by atoms with E-state index in [0.717, 1.165) is 52.0 Å². The topological polar surface area (TPSA) is 36.0 Å². The molecule has 0 radical (unpaired) electrons. The fraction of sp³-hybridized carbons (Fsp3) is 0.762. The minimum atomic E-state index is -0.194. The summed E-state index contributed by atoms with van der Waals surface area (Å²) < 4.78 is 5.61. The van der Waals surface area contributed by atoms with Gasteiger partial charge in [-0.3, -0.25) is 14.6 Å². The van der Waals surface area contributed by atoms with E-state index < -0.39 is 0 Å². The van der Waals surface area contributed by atoms with Crippen molar-refractivity contribution in [3.8, 4) is 0 Å². The van der Waals surface area contributed by atoms with E-state index >= 15 is 0 Å². The van der Waals surface area contributed by atoms with E-state index in [4.69, 9.17) is 4.74 Å². The summed E-state index contributed by atoms with van der Waals surface area (Å²) in [5.41, 5.74) is 1.28. The highest BCUT2D eigenvalue weighted by Crippen LogP contribution is 2.41. The summed E-state index contributed by atoms with van der Waals surface area (Å²) in [5.74, 6) is 0.333. The van der Waals surface area contributed by atoms with Gasteiger partial charge in [0.15, 0.2) is 0 Å². The van der Waals surface area contributed by atoms with Crippen LogP contribution in [0.15, 0.2) is 11.4 Å². The number of nitrogens with zero attached hydrogens (tertiary/aromatic N) is 3. The molecule has 0 saturated carbocycles. The molecule has 1 amide bonds. The normalized spacial score (nSPS) is 27.0. The molecule has 4 heterocycles. The molecule has 1 atom stereocenters. The zero-order chi connectivity index (χ0) is 18.9. The molecule has 3 aliphatic heterocycles. The van der Waals surface area contributed by atoms with Crippen molar-refractivity contribution in [1.29, 1.82) is 0 Å². The molecule has 1 aromatic rings. The van der Waals surface area contributed by atoms with Crippen molar-refractivity contribution in [3.63, 3.8) is 0 Å². The van der Waals surface area contributed by atoms with E-state index in [1.165, 1.54) is 36.4 Å². The Hall–Kier alpha value is -0.950. The van der Waals surface area contributed by atoms with Gasteiger partial charge in [0.25, 0.3) is 0 Å². The minimum absolute atomic E-state index is 0.185. The smallest absolute Gasteiger partial charge is 0.228 e. The lowest BCUT2D eigenvalue weighted by molar-refractivity contribution is -0.156. The van der Waals surface area contributed by atoms with Gasteiger partial charge >= 0.3 is 0 Å². The maximum atomic E-state index is 12.8. The van der Waals surface area contributed by atoms with Crippen LogP contribution in [0.5, 0.6) is 0 Å². The molecule has 27 heavy (non-hydrogen) atoms. The largest absolute Gasteiger partial charge is 0.380 e. The SMILES string of the molecule is COC1CN(C)C(=O)C2(CCN(Cc3cc(CN4CCCC4)cs3)CC2)C1. The Bertz CT molecular complexity index is 648. The fourth-order valence-electron chi connectivity index (χ4n) is 5.11. The van der Waals surface area contributed by atoms with Crippen molar-refractivity contribution in [2.24, 2.45) is 5.41 Å². The van der Waals surface area contributed by atoms with Crippen LogP contribution >= 0.6 is 11.3 Å². The van der Waals surface area contributed by atoms with E-state index in [9.17, 15) is 4.79 Å². The predicted octanol–water partition coefficient (Wildman–Crippen LogP) is 2.80. The first-order chi connectivity index (χ1) is 13.1. The first kappa shape index (κ1) is 19.4. The number of amides is 1. The average molecular weight is 392 g/mol. The Morgan fingerprint density at radius 3 is 2.56 bits per heavy atom. The highest BCUT2D eigenvalue weighted by Gasteiger charge is 2.47. The molecule has 150 valence electrons. The van der Waals surface area contributed by atoms with Crippen LogP contribution < -0.4 is 0 Å². The molecule has 1 spiro atoms. The summed E-state index contributed by atoms with van der Waals surface area (Å²) >= 11 is 1.90. The number of hydrogen-bond acceptors (Lipinski definition) is 5. The fourth-order valence-corrected chi connectivity index (χ4v) is 6.03. The number of thiophene rings is 1. The maximum absolute atomic E-state index is 12.8. The highest BCUT2D eigenvalue weighted by molar-refractivity contribution is 7.10. The van der Waals surface area contributed by atoms with Crippen molar-refractivity contribution in [2.75, 3.05) is 46.9 Å². The van der Waals surface area contributed by atoms with Crippen molar-refractivity contribution in [3.05, 3.63) is 21.9 Å². The van der Waals surface area contributed by atoms with Crippen molar-refractivity contribution < 1.29 is 9.53 Å². The molecule has 1 aromatic heterocycles. The molecular formula is C21H33N3O2S. The highest BCUT2D eigenvalue weighted by atomic mass is 32.1. The molecule has 3 fully saturated rings. The van der Waals surface area contributed by atoms with Crippen LogP contribution in [-0.2, 0) is 22.6 Å². The van der Waals surface area contributed by atoms with Gasteiger partial charge in [-0.05, 0) is 75.3 Å². The first-order valence-electron chi connectivity index (χ1n) is 10.4. The van der Waals surface area contributed by atoms with E-state index in [0.29, 0.717) is 5.91 Å². The van der Waals surface area contributed by atoms with Gasteiger partial charge in [-0.2, -0.15) is 0 Å². The second-order valence-corrected chi connectivity index (χ2v) is 9.70. The first-order valence-corrected chi connectivity index (χ1v) is 11.3. The molecule has 6 heteroatoms. The van der Waals surface area contributed by atoms with Crippen molar-refractivity contribution in [1.82, 2.24) is 14.7 Å². The van der Waals surface area contributed by atoms with Gasteiger partial charge < -0.3 is 9.64 Å². The summed E-state index contributed by atoms with van der Waals surface area (Å²) in [6, 6.07) is 2.40. The summed E-state index contributed by atoms with van der Waals surface area (Å²) in [5, 5.41) is 2.34. The number of hydrogen-bond donors (Lipinski definition) is 0. The van der Waals surface area contributed by atoms with Gasteiger partial charge in [0.1, 0.15) is 0 Å². The summed E-state index contributed by atoms with van der Waals surface area (Å²) in [6.07, 6.45) is 5.70. The quantitative estimate of drug-likeness (QED) is 0.773. The molecular weight excluding hydrogens is 358 g/mol. The summed E-state index contributed by atoms with van der Waals surface area (Å²) in [7, 11) is 3.70. The third kappa shape index (κ3) is 4.24. The lowest BCUT2D eigenvalue weighted by Crippen LogP contribution is -2.56. The van der Waals surface area contributed by atoms with Crippen LogP contribution in [0.1, 0.15) is 42.5 Å². The average Bonchev–Trinajstić information content (AvgIpc) is 3.34. The number of carbonyl (C=O) groups is 1. The third-order valence-corrected chi connectivity index (χ3v) is 7.71.